The van der Waals surface area contributed by atoms with Gasteiger partial charge in [-0.15, -0.1) is 5.10 Å². The Labute approximate surface area is 264 Å². The van der Waals surface area contributed by atoms with Crippen molar-refractivity contribution in [3.05, 3.63) is 116 Å². The second-order valence-electron chi connectivity index (χ2n) is 10.2. The van der Waals surface area contributed by atoms with Gasteiger partial charge in [0.2, 0.25) is 0 Å². The summed E-state index contributed by atoms with van der Waals surface area (Å²) in [5.41, 5.74) is 5.15. The summed E-state index contributed by atoms with van der Waals surface area (Å²) in [6.45, 7) is -0.266. The summed E-state index contributed by atoms with van der Waals surface area (Å²) in [7, 11) is 0. The Morgan fingerprint density at radius 1 is 1.11 bits per heavy atom. The molecule has 11 nitrogen and oxygen atoms in total. The van der Waals surface area contributed by atoms with Gasteiger partial charge in [-0.1, -0.05) is 71.4 Å². The molecule has 0 spiro atoms. The Morgan fingerprint density at radius 2 is 1.86 bits per heavy atom. The number of aliphatic imine (C=N–C) groups is 1. The first kappa shape index (κ1) is 30.6. The second kappa shape index (κ2) is 14.6. The van der Waals surface area contributed by atoms with Crippen molar-refractivity contribution >= 4 is 58.1 Å². The zero-order valence-corrected chi connectivity index (χ0v) is 25.2. The number of thiocarbonyl (C=S) groups is 1. The molecule has 3 aromatic carbocycles. The predicted octanol–water partition coefficient (Wildman–Crippen LogP) is 6.49. The molecule has 224 valence electrons. The van der Waals surface area contributed by atoms with Crippen LogP contribution in [0.25, 0.3) is 5.57 Å². The van der Waals surface area contributed by atoms with E-state index in [9.17, 15) is 14.9 Å². The number of benzene rings is 3. The van der Waals surface area contributed by atoms with Gasteiger partial charge in [0.1, 0.15) is 6.04 Å². The number of amides is 1. The van der Waals surface area contributed by atoms with Crippen LogP contribution in [0.2, 0.25) is 5.02 Å². The van der Waals surface area contributed by atoms with Crippen LogP contribution in [0.1, 0.15) is 58.8 Å². The van der Waals surface area contributed by atoms with Crippen molar-refractivity contribution in [2.24, 2.45) is 4.99 Å². The number of amidine groups is 1. The topological polar surface area (TPSA) is 142 Å². The fourth-order valence-electron chi connectivity index (χ4n) is 4.94. The summed E-state index contributed by atoms with van der Waals surface area (Å²) < 4.78 is 0. The SMILES string of the molecule is O=C(Nc1nn[nH]n1)c1ccc(CN(C(C[N+](=O)[O-])=NC(C=S)c2ccc(Cl)cc2)c2ccc(C3=CCCCC3)cc2)cc1. The highest BCUT2D eigenvalue weighted by molar-refractivity contribution is 7.79. The van der Waals surface area contributed by atoms with Gasteiger partial charge in [-0.05, 0) is 89.6 Å². The molecule has 0 bridgehead atoms. The minimum Gasteiger partial charge on any atom is -0.320 e. The molecular formula is C31H29ClN8O3S. The third kappa shape index (κ3) is 7.97. The number of nitrogens with one attached hydrogen (secondary N) is 2. The summed E-state index contributed by atoms with van der Waals surface area (Å²) in [6.07, 6.45) is 6.73. The lowest BCUT2D eigenvalue weighted by Crippen LogP contribution is -2.36. The van der Waals surface area contributed by atoms with Crippen molar-refractivity contribution in [3.8, 4) is 0 Å². The summed E-state index contributed by atoms with van der Waals surface area (Å²) in [4.78, 5) is 30.8. The number of aromatic nitrogens is 4. The van der Waals surface area contributed by atoms with Gasteiger partial charge in [-0.3, -0.25) is 25.2 Å². The van der Waals surface area contributed by atoms with Crippen molar-refractivity contribution in [3.63, 3.8) is 0 Å². The molecule has 1 heterocycles. The number of nitro groups is 1. The van der Waals surface area contributed by atoms with E-state index in [1.165, 1.54) is 17.4 Å². The smallest absolute Gasteiger partial charge is 0.270 e. The van der Waals surface area contributed by atoms with Crippen molar-refractivity contribution in [2.45, 2.75) is 38.3 Å². The van der Waals surface area contributed by atoms with E-state index in [1.54, 1.807) is 48.5 Å². The van der Waals surface area contributed by atoms with Gasteiger partial charge in [0.25, 0.3) is 18.4 Å². The van der Waals surface area contributed by atoms with E-state index in [2.05, 4.69) is 32.0 Å². The highest BCUT2D eigenvalue weighted by Gasteiger charge is 2.22. The molecule has 4 aromatic rings. The summed E-state index contributed by atoms with van der Waals surface area (Å²) >= 11 is 11.4. The number of halogens is 1. The summed E-state index contributed by atoms with van der Waals surface area (Å²) in [5, 5.41) is 29.7. The maximum Gasteiger partial charge on any atom is 0.270 e. The van der Waals surface area contributed by atoms with Crippen LogP contribution in [0.3, 0.4) is 0 Å². The van der Waals surface area contributed by atoms with Crippen LogP contribution in [0.4, 0.5) is 11.6 Å². The number of rotatable bonds is 11. The minimum atomic E-state index is -0.609. The molecule has 2 N–H and O–H groups in total. The lowest BCUT2D eigenvalue weighted by Gasteiger charge is -2.26. The van der Waals surface area contributed by atoms with Crippen LogP contribution in [-0.2, 0) is 6.54 Å². The number of nitrogens with zero attached hydrogens (tertiary/aromatic N) is 6. The van der Waals surface area contributed by atoms with E-state index in [-0.39, 0.29) is 18.3 Å². The van der Waals surface area contributed by atoms with E-state index in [0.717, 1.165) is 41.6 Å². The van der Waals surface area contributed by atoms with Crippen molar-refractivity contribution < 1.29 is 9.72 Å². The Bertz CT molecular complexity index is 1660. The molecule has 0 fully saturated rings. The molecule has 0 radical (unpaired) electrons. The van der Waals surface area contributed by atoms with Crippen LogP contribution in [-0.4, -0.2) is 49.2 Å². The van der Waals surface area contributed by atoms with Crippen LogP contribution in [0.15, 0.2) is 83.9 Å². The van der Waals surface area contributed by atoms with Gasteiger partial charge in [0.05, 0.1) is 0 Å². The third-order valence-corrected chi connectivity index (χ3v) is 7.69. The van der Waals surface area contributed by atoms with Crippen LogP contribution < -0.4 is 10.2 Å². The molecule has 0 saturated heterocycles. The molecule has 0 saturated carbocycles. The first-order chi connectivity index (χ1) is 21.4. The number of allylic oxidation sites excluding steroid dienone is 2. The van der Waals surface area contributed by atoms with Gasteiger partial charge in [0.15, 0.2) is 5.84 Å². The largest absolute Gasteiger partial charge is 0.320 e. The molecule has 1 aliphatic rings. The van der Waals surface area contributed by atoms with Crippen LogP contribution >= 0.6 is 23.8 Å². The number of carbonyl (C=O) groups excluding carboxylic acids is 1. The Morgan fingerprint density at radius 3 is 2.48 bits per heavy atom. The van der Waals surface area contributed by atoms with Crippen LogP contribution in [0.5, 0.6) is 0 Å². The number of hydrogen-bond donors (Lipinski definition) is 2. The van der Waals surface area contributed by atoms with E-state index in [1.807, 2.05) is 29.2 Å². The number of hydrogen-bond acceptors (Lipinski definition) is 8. The van der Waals surface area contributed by atoms with Crippen LogP contribution in [0, 0.1) is 10.1 Å². The Balaban J connectivity index is 1.49. The molecule has 1 amide bonds. The Kier molecular flexibility index (Phi) is 10.2. The van der Waals surface area contributed by atoms with E-state index < -0.39 is 23.4 Å². The van der Waals surface area contributed by atoms with E-state index >= 15 is 0 Å². The lowest BCUT2D eigenvalue weighted by atomic mass is 9.93. The van der Waals surface area contributed by atoms with Crippen molar-refractivity contribution in [2.75, 3.05) is 16.8 Å². The van der Waals surface area contributed by atoms with Gasteiger partial charge < -0.3 is 4.90 Å². The molecule has 0 aliphatic heterocycles. The number of carbonyl (C=O) groups is 1. The number of anilines is 2. The first-order valence-electron chi connectivity index (χ1n) is 14.0. The zero-order chi connectivity index (χ0) is 30.9. The molecule has 44 heavy (non-hydrogen) atoms. The van der Waals surface area contributed by atoms with Gasteiger partial charge >= 0.3 is 0 Å². The minimum absolute atomic E-state index is 0.0621. The fourth-order valence-corrected chi connectivity index (χ4v) is 5.28. The molecule has 1 unspecified atom stereocenters. The zero-order valence-electron chi connectivity index (χ0n) is 23.6. The monoisotopic (exact) mass is 628 g/mol. The van der Waals surface area contributed by atoms with E-state index in [4.69, 9.17) is 28.8 Å². The average Bonchev–Trinajstić information content (AvgIpc) is 3.56. The first-order valence-corrected chi connectivity index (χ1v) is 14.8. The maximum atomic E-state index is 12.6. The Hall–Kier alpha value is -4.81. The van der Waals surface area contributed by atoms with Gasteiger partial charge in [-0.2, -0.15) is 5.21 Å². The number of aromatic amines is 1. The second-order valence-corrected chi connectivity index (χ2v) is 10.9. The summed E-state index contributed by atoms with van der Waals surface area (Å²) in [5.74, 6) is -0.100. The van der Waals surface area contributed by atoms with Gasteiger partial charge in [-0.25, -0.2) is 0 Å². The van der Waals surface area contributed by atoms with Crippen molar-refractivity contribution in [1.82, 2.24) is 20.6 Å². The van der Waals surface area contributed by atoms with E-state index in [0.29, 0.717) is 10.6 Å². The average molecular weight is 629 g/mol. The lowest BCUT2D eigenvalue weighted by molar-refractivity contribution is -0.463. The standard InChI is InChI=1S/C31H29ClN8O3S/c32-26-14-10-24(11-15-26)28(20-44)33-29(19-40(42)43)39(27-16-12-23(13-17-27)22-4-2-1-3-5-22)18-21-6-8-25(9-7-21)30(41)34-31-35-37-38-36-31/h4,6-17,20,28H,1-3,5,18-19H2,(H2,34,35,36,37,38,41). The van der Waals surface area contributed by atoms with Gasteiger partial charge in [0, 0.05) is 33.1 Å². The number of H-pyrrole nitrogens is 1. The summed E-state index contributed by atoms with van der Waals surface area (Å²) in [6, 6.07) is 21.4. The predicted molar refractivity (Wildman–Crippen MR) is 175 cm³/mol. The third-order valence-electron chi connectivity index (χ3n) is 7.18. The molecule has 1 aromatic heterocycles. The highest BCUT2D eigenvalue weighted by atomic mass is 35.5. The van der Waals surface area contributed by atoms with Crippen molar-refractivity contribution in [1.29, 1.82) is 0 Å². The molecule has 1 aliphatic carbocycles. The molecule has 5 rings (SSSR count). The fraction of sp³-hybridized carbons (Fsp3) is 0.226. The highest BCUT2D eigenvalue weighted by Crippen LogP contribution is 2.29. The normalized spacial score (nSPS) is 13.9. The number of tetrazole rings is 1. The maximum absolute atomic E-state index is 12.6. The molecular weight excluding hydrogens is 600 g/mol. The molecule has 1 atom stereocenters. The quantitative estimate of drug-likeness (QED) is 0.0631. The molecule has 13 heteroatoms.